The highest BCUT2D eigenvalue weighted by Gasteiger charge is 2.11. The van der Waals surface area contributed by atoms with Gasteiger partial charge in [-0.2, -0.15) is 12.6 Å². The van der Waals surface area contributed by atoms with Crippen LogP contribution < -0.4 is 5.73 Å². The Hall–Kier alpha value is -1.00. The first-order valence-electron chi connectivity index (χ1n) is 7.27. The predicted octanol–water partition coefficient (Wildman–Crippen LogP) is 3.06. The van der Waals surface area contributed by atoms with Crippen LogP contribution >= 0.6 is 12.6 Å². The summed E-state index contributed by atoms with van der Waals surface area (Å²) in [6, 6.07) is 7.26. The van der Waals surface area contributed by atoms with Crippen molar-refractivity contribution in [1.29, 1.82) is 0 Å². The van der Waals surface area contributed by atoms with Gasteiger partial charge in [0.1, 0.15) is 6.04 Å². The molecule has 4 heteroatoms. The molecule has 0 saturated carbocycles. The molecule has 1 aromatic carbocycles. The van der Waals surface area contributed by atoms with E-state index in [1.165, 1.54) is 18.4 Å². The average Bonchev–Trinajstić information content (AvgIpc) is 2.41. The average molecular weight is 295 g/mol. The molecular weight excluding hydrogens is 270 g/mol. The van der Waals surface area contributed by atoms with E-state index in [2.05, 4.69) is 31.7 Å². The van der Waals surface area contributed by atoms with E-state index in [0.29, 0.717) is 11.7 Å². The largest absolute Gasteiger partial charge is 0.480 e. The van der Waals surface area contributed by atoms with Gasteiger partial charge in [-0.3, -0.25) is 4.79 Å². The smallest absolute Gasteiger partial charge is 0.320 e. The van der Waals surface area contributed by atoms with Crippen LogP contribution in [0.15, 0.2) is 24.3 Å². The Morgan fingerprint density at radius 1 is 1.25 bits per heavy atom. The van der Waals surface area contributed by atoms with Gasteiger partial charge in [0.25, 0.3) is 0 Å². The van der Waals surface area contributed by atoms with Crippen LogP contribution in [0, 0.1) is 0 Å². The number of carboxylic acids is 1. The second-order valence-corrected chi connectivity index (χ2v) is 6.03. The lowest BCUT2D eigenvalue weighted by Gasteiger charge is -2.10. The lowest BCUT2D eigenvalue weighted by atomic mass is 10.0. The van der Waals surface area contributed by atoms with Crippen molar-refractivity contribution < 1.29 is 9.90 Å². The summed E-state index contributed by atoms with van der Waals surface area (Å²) in [7, 11) is 0. The minimum atomic E-state index is -0.954. The molecule has 0 saturated heterocycles. The SMILES string of the molecule is CCCC(S)CCCc1ccc(CC(N)C(=O)O)cc1. The van der Waals surface area contributed by atoms with Crippen LogP contribution in [0.5, 0.6) is 0 Å². The number of nitrogens with two attached hydrogens (primary N) is 1. The lowest BCUT2D eigenvalue weighted by molar-refractivity contribution is -0.138. The zero-order valence-corrected chi connectivity index (χ0v) is 13.0. The third kappa shape index (κ3) is 6.44. The molecule has 1 rings (SSSR count). The monoisotopic (exact) mass is 295 g/mol. The Morgan fingerprint density at radius 2 is 1.85 bits per heavy atom. The summed E-state index contributed by atoms with van der Waals surface area (Å²) in [6.07, 6.45) is 6.07. The van der Waals surface area contributed by atoms with Gasteiger partial charge in [0.2, 0.25) is 0 Å². The number of hydrogen-bond donors (Lipinski definition) is 3. The molecule has 0 aromatic heterocycles. The van der Waals surface area contributed by atoms with E-state index >= 15 is 0 Å². The number of carbonyl (C=O) groups is 1. The third-order valence-electron chi connectivity index (χ3n) is 3.42. The molecule has 0 radical (unpaired) electrons. The van der Waals surface area contributed by atoms with Crippen molar-refractivity contribution in [3.8, 4) is 0 Å². The summed E-state index contributed by atoms with van der Waals surface area (Å²) in [5.74, 6) is -0.954. The summed E-state index contributed by atoms with van der Waals surface area (Å²) in [6.45, 7) is 2.18. The fourth-order valence-corrected chi connectivity index (χ4v) is 2.64. The predicted molar refractivity (Wildman–Crippen MR) is 86.4 cm³/mol. The molecule has 0 aliphatic heterocycles. The summed E-state index contributed by atoms with van der Waals surface area (Å²) in [5, 5.41) is 9.28. The first-order valence-corrected chi connectivity index (χ1v) is 7.78. The van der Waals surface area contributed by atoms with E-state index in [1.54, 1.807) is 0 Å². The van der Waals surface area contributed by atoms with Crippen molar-refractivity contribution in [3.63, 3.8) is 0 Å². The van der Waals surface area contributed by atoms with Crippen molar-refractivity contribution in [2.75, 3.05) is 0 Å². The molecule has 2 unspecified atom stereocenters. The standard InChI is InChI=1S/C16H25NO2S/c1-2-4-14(20)6-3-5-12-7-9-13(10-8-12)11-15(17)16(18)19/h7-10,14-15,20H,2-6,11,17H2,1H3,(H,18,19). The Balaban J connectivity index is 2.37. The number of aliphatic carboxylic acids is 1. The summed E-state index contributed by atoms with van der Waals surface area (Å²) in [4.78, 5) is 10.7. The molecular formula is C16H25NO2S. The minimum Gasteiger partial charge on any atom is -0.480 e. The van der Waals surface area contributed by atoms with Crippen molar-refractivity contribution in [3.05, 3.63) is 35.4 Å². The fraction of sp³-hybridized carbons (Fsp3) is 0.562. The van der Waals surface area contributed by atoms with Gasteiger partial charge in [-0.1, -0.05) is 37.6 Å². The Morgan fingerprint density at radius 3 is 2.40 bits per heavy atom. The molecule has 2 atom stereocenters. The summed E-state index contributed by atoms with van der Waals surface area (Å²) in [5.41, 5.74) is 7.78. The zero-order valence-electron chi connectivity index (χ0n) is 12.1. The van der Waals surface area contributed by atoms with Gasteiger partial charge in [0.05, 0.1) is 0 Å². The maximum absolute atomic E-state index is 10.7. The number of aryl methyl sites for hydroxylation is 1. The van der Waals surface area contributed by atoms with E-state index in [-0.39, 0.29) is 0 Å². The van der Waals surface area contributed by atoms with Gasteiger partial charge in [-0.05, 0) is 43.2 Å². The van der Waals surface area contributed by atoms with E-state index in [0.717, 1.165) is 24.8 Å². The second-order valence-electron chi connectivity index (χ2n) is 5.30. The molecule has 0 fully saturated rings. The Kier molecular flexibility index (Phi) is 7.70. The van der Waals surface area contributed by atoms with Gasteiger partial charge < -0.3 is 10.8 Å². The van der Waals surface area contributed by atoms with Crippen molar-refractivity contribution in [1.82, 2.24) is 0 Å². The van der Waals surface area contributed by atoms with Crippen LogP contribution in [0.3, 0.4) is 0 Å². The Labute approximate surface area is 127 Å². The zero-order chi connectivity index (χ0) is 15.0. The molecule has 0 bridgehead atoms. The summed E-state index contributed by atoms with van der Waals surface area (Å²) < 4.78 is 0. The van der Waals surface area contributed by atoms with Gasteiger partial charge in [0.15, 0.2) is 0 Å². The first kappa shape index (κ1) is 17.1. The number of carboxylic acid groups (broad SMARTS) is 1. The van der Waals surface area contributed by atoms with Crippen LogP contribution in [0.2, 0.25) is 0 Å². The van der Waals surface area contributed by atoms with Crippen molar-refractivity contribution in [2.24, 2.45) is 5.73 Å². The van der Waals surface area contributed by atoms with Crippen LogP contribution in [0.1, 0.15) is 43.7 Å². The van der Waals surface area contributed by atoms with E-state index in [4.69, 9.17) is 10.8 Å². The van der Waals surface area contributed by atoms with Gasteiger partial charge >= 0.3 is 5.97 Å². The molecule has 0 aliphatic carbocycles. The van der Waals surface area contributed by atoms with E-state index in [1.807, 2.05) is 12.1 Å². The Bertz CT molecular complexity index is 405. The lowest BCUT2D eigenvalue weighted by Crippen LogP contribution is -2.32. The minimum absolute atomic E-state index is 0.380. The van der Waals surface area contributed by atoms with Crippen LogP contribution in [-0.2, 0) is 17.6 Å². The summed E-state index contributed by atoms with van der Waals surface area (Å²) >= 11 is 4.56. The van der Waals surface area contributed by atoms with E-state index in [9.17, 15) is 4.79 Å². The molecule has 1 aromatic rings. The quantitative estimate of drug-likeness (QED) is 0.614. The first-order chi connectivity index (χ1) is 9.52. The number of rotatable bonds is 9. The molecule has 3 N–H and O–H groups in total. The highest BCUT2D eigenvalue weighted by molar-refractivity contribution is 7.80. The van der Waals surface area contributed by atoms with Crippen molar-refractivity contribution >= 4 is 18.6 Å². The van der Waals surface area contributed by atoms with Crippen LogP contribution in [0.25, 0.3) is 0 Å². The second kappa shape index (κ2) is 9.03. The molecule has 3 nitrogen and oxygen atoms in total. The van der Waals surface area contributed by atoms with Crippen LogP contribution in [-0.4, -0.2) is 22.4 Å². The van der Waals surface area contributed by atoms with Gasteiger partial charge in [0, 0.05) is 5.25 Å². The molecule has 112 valence electrons. The van der Waals surface area contributed by atoms with Crippen LogP contribution in [0.4, 0.5) is 0 Å². The third-order valence-corrected chi connectivity index (χ3v) is 3.94. The van der Waals surface area contributed by atoms with Gasteiger partial charge in [-0.25, -0.2) is 0 Å². The molecule has 0 heterocycles. The molecule has 0 spiro atoms. The highest BCUT2D eigenvalue weighted by atomic mass is 32.1. The topological polar surface area (TPSA) is 63.3 Å². The van der Waals surface area contributed by atoms with Crippen molar-refractivity contribution in [2.45, 2.75) is 56.7 Å². The molecule has 0 amide bonds. The highest BCUT2D eigenvalue weighted by Crippen LogP contribution is 2.15. The molecule has 0 aliphatic rings. The van der Waals surface area contributed by atoms with Gasteiger partial charge in [-0.15, -0.1) is 0 Å². The maximum Gasteiger partial charge on any atom is 0.320 e. The number of benzene rings is 1. The fourth-order valence-electron chi connectivity index (χ4n) is 2.20. The van der Waals surface area contributed by atoms with E-state index < -0.39 is 12.0 Å². The maximum atomic E-state index is 10.7. The molecule has 20 heavy (non-hydrogen) atoms. The number of thiol groups is 1. The normalized spacial score (nSPS) is 13.9. The number of hydrogen-bond acceptors (Lipinski definition) is 3.